The van der Waals surface area contributed by atoms with Crippen molar-refractivity contribution in [1.29, 1.82) is 5.26 Å². The van der Waals surface area contributed by atoms with Gasteiger partial charge in [-0.15, -0.1) is 0 Å². The van der Waals surface area contributed by atoms with Gasteiger partial charge in [0.25, 0.3) is 0 Å². The van der Waals surface area contributed by atoms with Crippen LogP contribution in [0, 0.1) is 11.3 Å². The molecule has 0 spiro atoms. The molecule has 0 radical (unpaired) electrons. The summed E-state index contributed by atoms with van der Waals surface area (Å²) < 4.78 is 5.02. The van der Waals surface area contributed by atoms with E-state index in [9.17, 15) is 19.5 Å². The fourth-order valence-corrected chi connectivity index (χ4v) is 2.74. The minimum Gasteiger partial charge on any atom is -0.445 e. The molecule has 0 unspecified atom stereocenters. The predicted octanol–water partition coefficient (Wildman–Crippen LogP) is 0.748. The molecular formula is C22H24N4O5. The first-order chi connectivity index (χ1) is 14.9. The Morgan fingerprint density at radius 3 is 2.48 bits per heavy atom. The van der Waals surface area contributed by atoms with Gasteiger partial charge in [0.05, 0.1) is 24.2 Å². The monoisotopic (exact) mass is 424 g/mol. The van der Waals surface area contributed by atoms with Gasteiger partial charge in [0, 0.05) is 13.0 Å². The van der Waals surface area contributed by atoms with Crippen LogP contribution >= 0.6 is 0 Å². The Bertz CT molecular complexity index is 942. The van der Waals surface area contributed by atoms with E-state index in [4.69, 9.17) is 15.7 Å². The van der Waals surface area contributed by atoms with Gasteiger partial charge in [-0.25, -0.2) is 4.79 Å². The van der Waals surface area contributed by atoms with Crippen molar-refractivity contribution in [2.75, 3.05) is 6.54 Å². The first-order valence-corrected chi connectivity index (χ1v) is 9.57. The summed E-state index contributed by atoms with van der Waals surface area (Å²) >= 11 is 0. The Hall–Kier alpha value is -3.90. The lowest BCUT2D eigenvalue weighted by molar-refractivity contribution is -0.128. The van der Waals surface area contributed by atoms with Crippen LogP contribution in [0.1, 0.15) is 23.1 Å². The number of hydrogen-bond acceptors (Lipinski definition) is 6. The summed E-state index contributed by atoms with van der Waals surface area (Å²) in [5, 5.41) is 23.8. The van der Waals surface area contributed by atoms with Crippen molar-refractivity contribution >= 4 is 17.9 Å². The van der Waals surface area contributed by atoms with Crippen molar-refractivity contribution in [2.24, 2.45) is 5.73 Å². The van der Waals surface area contributed by atoms with Gasteiger partial charge >= 0.3 is 6.09 Å². The average Bonchev–Trinajstić information content (AvgIpc) is 2.76. The van der Waals surface area contributed by atoms with Gasteiger partial charge < -0.3 is 26.2 Å². The maximum absolute atomic E-state index is 12.2. The summed E-state index contributed by atoms with van der Waals surface area (Å²) in [5.41, 5.74) is 7.26. The standard InChI is InChI=1S/C22H24N4O5/c23-12-17-8-4-7-16(9-17)10-19(21(24)29)26-20(28)11-18(27)13-25-22(30)31-14-15-5-2-1-3-6-15/h1-9,18-19,27H,10-11,13-14H2,(H2,24,29)(H,25,30)(H,26,28)/t18-,19+/m0/s1. The molecule has 9 nitrogen and oxygen atoms in total. The molecule has 162 valence electrons. The lowest BCUT2D eigenvalue weighted by Gasteiger charge is -2.17. The molecule has 2 rings (SSSR count). The SMILES string of the molecule is N#Cc1cccc(C[C@@H](NC(=O)C[C@H](O)CNC(=O)OCc2ccccc2)C(N)=O)c1. The molecular weight excluding hydrogens is 400 g/mol. The molecule has 2 aromatic carbocycles. The molecule has 0 fully saturated rings. The first-order valence-electron chi connectivity index (χ1n) is 9.57. The molecule has 0 bridgehead atoms. The molecule has 0 aliphatic heterocycles. The van der Waals surface area contributed by atoms with Gasteiger partial charge in [0.2, 0.25) is 11.8 Å². The maximum atomic E-state index is 12.2. The number of nitrogens with one attached hydrogen (secondary N) is 2. The fourth-order valence-electron chi connectivity index (χ4n) is 2.74. The number of hydrogen-bond donors (Lipinski definition) is 4. The first kappa shape index (κ1) is 23.4. The average molecular weight is 424 g/mol. The summed E-state index contributed by atoms with van der Waals surface area (Å²) in [6.45, 7) is -0.122. The normalized spacial score (nSPS) is 12.1. The topological polar surface area (TPSA) is 155 Å². The molecule has 31 heavy (non-hydrogen) atoms. The highest BCUT2D eigenvalue weighted by molar-refractivity contribution is 5.87. The van der Waals surface area contributed by atoms with Gasteiger partial charge in [0.15, 0.2) is 0 Å². The van der Waals surface area contributed by atoms with Crippen LogP contribution in [0.2, 0.25) is 0 Å². The molecule has 0 saturated heterocycles. The van der Waals surface area contributed by atoms with E-state index in [0.717, 1.165) is 5.56 Å². The molecule has 5 N–H and O–H groups in total. The van der Waals surface area contributed by atoms with Gasteiger partial charge in [-0.2, -0.15) is 5.26 Å². The van der Waals surface area contributed by atoms with E-state index in [1.807, 2.05) is 24.3 Å². The third kappa shape index (κ3) is 8.55. The molecule has 0 saturated carbocycles. The number of carbonyl (C=O) groups is 3. The number of alkyl carbamates (subject to hydrolysis) is 1. The number of nitrogens with two attached hydrogens (primary N) is 1. The van der Waals surface area contributed by atoms with Gasteiger partial charge in [-0.05, 0) is 23.3 Å². The van der Waals surface area contributed by atoms with Crippen molar-refractivity contribution in [3.63, 3.8) is 0 Å². The Balaban J connectivity index is 1.76. The van der Waals surface area contributed by atoms with Crippen molar-refractivity contribution < 1.29 is 24.2 Å². The number of nitriles is 1. The number of nitrogens with zero attached hydrogens (tertiary/aromatic N) is 1. The lowest BCUT2D eigenvalue weighted by Crippen LogP contribution is -2.47. The molecule has 0 heterocycles. The second-order valence-corrected chi connectivity index (χ2v) is 6.84. The maximum Gasteiger partial charge on any atom is 0.407 e. The van der Waals surface area contributed by atoms with Gasteiger partial charge in [0.1, 0.15) is 12.6 Å². The zero-order chi connectivity index (χ0) is 22.6. The van der Waals surface area contributed by atoms with Gasteiger partial charge in [-0.3, -0.25) is 9.59 Å². The second-order valence-electron chi connectivity index (χ2n) is 6.84. The molecule has 9 heteroatoms. The van der Waals surface area contributed by atoms with Gasteiger partial charge in [-0.1, -0.05) is 42.5 Å². The van der Waals surface area contributed by atoms with Crippen LogP contribution in [-0.2, 0) is 27.4 Å². The highest BCUT2D eigenvalue weighted by Crippen LogP contribution is 2.08. The molecule has 0 aromatic heterocycles. The summed E-state index contributed by atoms with van der Waals surface area (Å²) in [5.74, 6) is -1.35. The van der Waals surface area contributed by atoms with Crippen LogP contribution in [0.4, 0.5) is 4.79 Å². The smallest absolute Gasteiger partial charge is 0.407 e. The summed E-state index contributed by atoms with van der Waals surface area (Å²) in [4.78, 5) is 35.6. The van der Waals surface area contributed by atoms with Crippen LogP contribution in [0.15, 0.2) is 54.6 Å². The van der Waals surface area contributed by atoms with Crippen LogP contribution in [0.25, 0.3) is 0 Å². The lowest BCUT2D eigenvalue weighted by atomic mass is 10.0. The third-order valence-electron chi connectivity index (χ3n) is 4.29. The van der Waals surface area contributed by atoms with Crippen molar-refractivity contribution in [1.82, 2.24) is 10.6 Å². The second kappa shape index (κ2) is 11.9. The highest BCUT2D eigenvalue weighted by Gasteiger charge is 2.21. The van der Waals surface area contributed by atoms with E-state index in [1.54, 1.807) is 36.4 Å². The van der Waals surface area contributed by atoms with Crippen LogP contribution in [0.3, 0.4) is 0 Å². The third-order valence-corrected chi connectivity index (χ3v) is 4.29. The number of primary amides is 1. The van der Waals surface area contributed by atoms with E-state index >= 15 is 0 Å². The zero-order valence-electron chi connectivity index (χ0n) is 16.8. The highest BCUT2D eigenvalue weighted by atomic mass is 16.5. The van der Waals surface area contributed by atoms with Crippen LogP contribution < -0.4 is 16.4 Å². The number of aliphatic hydroxyl groups is 1. The Kier molecular flexibility index (Phi) is 9.01. The minimum atomic E-state index is -1.18. The van der Waals surface area contributed by atoms with E-state index < -0.39 is 30.1 Å². The van der Waals surface area contributed by atoms with Crippen LogP contribution in [-0.4, -0.2) is 41.7 Å². The number of carbonyl (C=O) groups excluding carboxylic acids is 3. The number of ether oxygens (including phenoxy) is 1. The zero-order valence-corrected chi connectivity index (χ0v) is 16.8. The van der Waals surface area contributed by atoms with E-state index in [-0.39, 0.29) is 26.0 Å². The number of rotatable bonds is 10. The Labute approximate surface area is 179 Å². The number of benzene rings is 2. The quantitative estimate of drug-likeness (QED) is 0.441. The van der Waals surface area contributed by atoms with Crippen molar-refractivity contribution in [3.05, 3.63) is 71.3 Å². The van der Waals surface area contributed by atoms with Crippen LogP contribution in [0.5, 0.6) is 0 Å². The summed E-state index contributed by atoms with van der Waals surface area (Å²) in [6, 6.07) is 16.7. The Morgan fingerprint density at radius 2 is 1.81 bits per heavy atom. The van der Waals surface area contributed by atoms with E-state index in [1.165, 1.54) is 0 Å². The summed E-state index contributed by atoms with van der Waals surface area (Å²) in [6.07, 6.45) is -2.15. The minimum absolute atomic E-state index is 0.0799. The molecule has 3 amide bonds. The molecule has 0 aliphatic rings. The number of amides is 3. The molecule has 2 atom stereocenters. The predicted molar refractivity (Wildman–Crippen MR) is 111 cm³/mol. The molecule has 2 aromatic rings. The van der Waals surface area contributed by atoms with E-state index in [0.29, 0.717) is 11.1 Å². The Morgan fingerprint density at radius 1 is 1.10 bits per heavy atom. The summed E-state index contributed by atoms with van der Waals surface area (Å²) in [7, 11) is 0. The fraction of sp³-hybridized carbons (Fsp3) is 0.273. The van der Waals surface area contributed by atoms with Crippen molar-refractivity contribution in [3.8, 4) is 6.07 Å². The number of aliphatic hydroxyl groups excluding tert-OH is 1. The van der Waals surface area contributed by atoms with E-state index in [2.05, 4.69) is 10.6 Å². The van der Waals surface area contributed by atoms with Crippen molar-refractivity contribution in [2.45, 2.75) is 31.6 Å². The largest absolute Gasteiger partial charge is 0.445 e. The molecule has 0 aliphatic carbocycles.